The summed E-state index contributed by atoms with van der Waals surface area (Å²) in [5.41, 5.74) is 8.45. The highest BCUT2D eigenvalue weighted by Crippen LogP contribution is 2.22. The van der Waals surface area contributed by atoms with Gasteiger partial charge in [-0.2, -0.15) is 5.26 Å². The van der Waals surface area contributed by atoms with Crippen LogP contribution < -0.4 is 10.6 Å². The molecule has 1 aliphatic heterocycles. The maximum Gasteiger partial charge on any atom is 0.407 e. The minimum Gasteiger partial charge on any atom is -0.465 e. The molecule has 1 aromatic carbocycles. The first-order chi connectivity index (χ1) is 14.5. The first kappa shape index (κ1) is 21.2. The quantitative estimate of drug-likeness (QED) is 0.655. The second kappa shape index (κ2) is 9.82. The molecule has 2 heterocycles. The second-order valence-corrected chi connectivity index (χ2v) is 7.02. The number of nitrogens with two attached hydrogens (primary N) is 1. The molecule has 9 heteroatoms. The number of carboxylic acid groups (broad SMARTS) is 1. The van der Waals surface area contributed by atoms with E-state index in [1.807, 2.05) is 41.3 Å². The summed E-state index contributed by atoms with van der Waals surface area (Å²) in [6, 6.07) is 15.3. The van der Waals surface area contributed by atoms with Gasteiger partial charge in [-0.05, 0) is 24.3 Å². The zero-order chi connectivity index (χ0) is 21.5. The number of amides is 1. The first-order valence-electron chi connectivity index (χ1n) is 9.65. The van der Waals surface area contributed by atoms with Crippen LogP contribution in [-0.4, -0.2) is 77.7 Å². The van der Waals surface area contributed by atoms with Crippen LogP contribution >= 0.6 is 0 Å². The van der Waals surface area contributed by atoms with Crippen molar-refractivity contribution in [2.24, 2.45) is 5.73 Å². The van der Waals surface area contributed by atoms with Crippen LogP contribution in [0.15, 0.2) is 42.5 Å². The van der Waals surface area contributed by atoms with E-state index in [0.29, 0.717) is 38.0 Å². The van der Waals surface area contributed by atoms with Gasteiger partial charge in [-0.15, -0.1) is 0 Å². The normalized spacial score (nSPS) is 15.3. The molecule has 0 spiro atoms. The van der Waals surface area contributed by atoms with Gasteiger partial charge in [0.05, 0.1) is 36.6 Å². The van der Waals surface area contributed by atoms with E-state index in [9.17, 15) is 9.59 Å². The van der Waals surface area contributed by atoms with Gasteiger partial charge in [0.15, 0.2) is 0 Å². The van der Waals surface area contributed by atoms with Crippen molar-refractivity contribution >= 4 is 18.2 Å². The lowest BCUT2D eigenvalue weighted by Crippen LogP contribution is -2.57. The van der Waals surface area contributed by atoms with Crippen LogP contribution in [0.1, 0.15) is 5.56 Å². The van der Waals surface area contributed by atoms with Crippen LogP contribution in [0.25, 0.3) is 11.3 Å². The number of hydrogen-bond acceptors (Lipinski definition) is 7. The Balaban J connectivity index is 1.63. The Morgan fingerprint density at radius 1 is 1.27 bits per heavy atom. The number of nitriles is 1. The summed E-state index contributed by atoms with van der Waals surface area (Å²) in [7, 11) is 0. The summed E-state index contributed by atoms with van der Waals surface area (Å²) in [6.07, 6.45) is -1.07. The molecule has 3 rings (SSSR count). The molecule has 1 amide bonds. The van der Waals surface area contributed by atoms with Gasteiger partial charge in [-0.25, -0.2) is 9.78 Å². The maximum atomic E-state index is 11.2. The predicted molar refractivity (Wildman–Crippen MR) is 112 cm³/mol. The van der Waals surface area contributed by atoms with Gasteiger partial charge in [0.25, 0.3) is 0 Å². The molecule has 1 fully saturated rings. The fourth-order valence-corrected chi connectivity index (χ4v) is 3.45. The highest BCUT2D eigenvalue weighted by Gasteiger charge is 2.25. The standard InChI is InChI=1S/C21H24N6O3/c22-14-16-3-1-4-17(13-16)18-5-2-6-20(24-18)26-9-7-25(8-10-26)19(23)15-27(11-12-28)21(29)30/h1-6,12-13,19H,7-11,15,23H2,(H,29,30). The van der Waals surface area contributed by atoms with Crippen molar-refractivity contribution in [1.29, 1.82) is 5.26 Å². The van der Waals surface area contributed by atoms with Crippen molar-refractivity contribution < 1.29 is 14.7 Å². The lowest BCUT2D eigenvalue weighted by atomic mass is 10.1. The van der Waals surface area contributed by atoms with Crippen LogP contribution in [-0.2, 0) is 4.79 Å². The molecule has 1 atom stereocenters. The fraction of sp³-hybridized carbons (Fsp3) is 0.333. The summed E-state index contributed by atoms with van der Waals surface area (Å²) >= 11 is 0. The number of carbonyl (C=O) groups excluding carboxylic acids is 1. The third-order valence-corrected chi connectivity index (χ3v) is 5.10. The molecule has 0 radical (unpaired) electrons. The Morgan fingerprint density at radius 2 is 2.00 bits per heavy atom. The number of piperazine rings is 1. The third-order valence-electron chi connectivity index (χ3n) is 5.10. The Labute approximate surface area is 174 Å². The smallest absolute Gasteiger partial charge is 0.407 e. The Morgan fingerprint density at radius 3 is 2.67 bits per heavy atom. The Kier molecular flexibility index (Phi) is 6.95. The van der Waals surface area contributed by atoms with E-state index < -0.39 is 12.3 Å². The zero-order valence-electron chi connectivity index (χ0n) is 16.5. The first-order valence-corrected chi connectivity index (χ1v) is 9.65. The van der Waals surface area contributed by atoms with Crippen molar-refractivity contribution in [3.63, 3.8) is 0 Å². The summed E-state index contributed by atoms with van der Waals surface area (Å²) in [5.74, 6) is 0.844. The van der Waals surface area contributed by atoms with Gasteiger partial charge in [-0.3, -0.25) is 9.80 Å². The molecule has 2 aromatic rings. The van der Waals surface area contributed by atoms with Gasteiger partial charge < -0.3 is 20.5 Å². The minimum atomic E-state index is -1.15. The number of nitrogens with zero attached hydrogens (tertiary/aromatic N) is 5. The maximum absolute atomic E-state index is 11.2. The average Bonchev–Trinajstić information content (AvgIpc) is 2.79. The number of carbonyl (C=O) groups is 2. The topological polar surface area (TPSA) is 127 Å². The average molecular weight is 408 g/mol. The van der Waals surface area contributed by atoms with Crippen molar-refractivity contribution in [2.75, 3.05) is 44.2 Å². The molecule has 156 valence electrons. The molecule has 1 saturated heterocycles. The SMILES string of the molecule is N#Cc1cccc(-c2cccc(N3CCN(C(N)CN(CC=O)C(=O)O)CC3)n2)c1. The zero-order valence-corrected chi connectivity index (χ0v) is 16.5. The number of hydrogen-bond donors (Lipinski definition) is 2. The number of aromatic nitrogens is 1. The summed E-state index contributed by atoms with van der Waals surface area (Å²) in [6.45, 7) is 2.60. The van der Waals surface area contributed by atoms with Gasteiger partial charge in [0.2, 0.25) is 0 Å². The van der Waals surface area contributed by atoms with Crippen molar-refractivity contribution in [2.45, 2.75) is 6.17 Å². The molecular formula is C21H24N6O3. The number of benzene rings is 1. The number of anilines is 1. The van der Waals surface area contributed by atoms with Gasteiger partial charge in [0, 0.05) is 31.7 Å². The van der Waals surface area contributed by atoms with Crippen LogP contribution in [0, 0.1) is 11.3 Å². The van der Waals surface area contributed by atoms with E-state index in [4.69, 9.17) is 21.1 Å². The number of aldehydes is 1. The highest BCUT2D eigenvalue weighted by atomic mass is 16.4. The molecule has 0 bridgehead atoms. The van der Waals surface area contributed by atoms with Crippen molar-refractivity contribution in [3.8, 4) is 17.3 Å². The summed E-state index contributed by atoms with van der Waals surface area (Å²) in [4.78, 5) is 31.8. The van der Waals surface area contributed by atoms with E-state index in [1.54, 1.807) is 6.07 Å². The molecule has 30 heavy (non-hydrogen) atoms. The minimum absolute atomic E-state index is 0.0804. The second-order valence-electron chi connectivity index (χ2n) is 7.02. The Hall–Kier alpha value is -3.48. The largest absolute Gasteiger partial charge is 0.465 e. The van der Waals surface area contributed by atoms with Crippen LogP contribution in [0.3, 0.4) is 0 Å². The number of rotatable bonds is 7. The molecule has 1 aromatic heterocycles. The van der Waals surface area contributed by atoms with Gasteiger partial charge >= 0.3 is 6.09 Å². The molecule has 3 N–H and O–H groups in total. The molecule has 1 unspecified atom stereocenters. The Bertz CT molecular complexity index is 936. The molecule has 1 aliphatic rings. The fourth-order valence-electron chi connectivity index (χ4n) is 3.45. The van der Waals surface area contributed by atoms with Crippen LogP contribution in [0.2, 0.25) is 0 Å². The van der Waals surface area contributed by atoms with Crippen LogP contribution in [0.5, 0.6) is 0 Å². The third kappa shape index (κ3) is 5.11. The monoisotopic (exact) mass is 408 g/mol. The van der Waals surface area contributed by atoms with E-state index in [-0.39, 0.29) is 13.1 Å². The van der Waals surface area contributed by atoms with Crippen molar-refractivity contribution in [1.82, 2.24) is 14.8 Å². The lowest BCUT2D eigenvalue weighted by molar-refractivity contribution is -0.108. The lowest BCUT2D eigenvalue weighted by Gasteiger charge is -2.39. The molecule has 9 nitrogen and oxygen atoms in total. The summed E-state index contributed by atoms with van der Waals surface area (Å²) < 4.78 is 0. The highest BCUT2D eigenvalue weighted by molar-refractivity contribution is 5.69. The van der Waals surface area contributed by atoms with E-state index in [2.05, 4.69) is 11.0 Å². The van der Waals surface area contributed by atoms with E-state index in [1.165, 1.54) is 0 Å². The van der Waals surface area contributed by atoms with E-state index >= 15 is 0 Å². The summed E-state index contributed by atoms with van der Waals surface area (Å²) in [5, 5.41) is 18.3. The predicted octanol–water partition coefficient (Wildman–Crippen LogP) is 1.21. The number of pyridine rings is 1. The van der Waals surface area contributed by atoms with Gasteiger partial charge in [0.1, 0.15) is 12.1 Å². The molecule has 0 aliphatic carbocycles. The van der Waals surface area contributed by atoms with Crippen LogP contribution in [0.4, 0.5) is 10.6 Å². The van der Waals surface area contributed by atoms with Gasteiger partial charge in [-0.1, -0.05) is 18.2 Å². The van der Waals surface area contributed by atoms with E-state index in [0.717, 1.165) is 22.0 Å². The molecular weight excluding hydrogens is 384 g/mol. The van der Waals surface area contributed by atoms with Crippen molar-refractivity contribution in [3.05, 3.63) is 48.0 Å². The molecule has 0 saturated carbocycles.